The predicted molar refractivity (Wildman–Crippen MR) is 344 cm³/mol. The Bertz CT molecular complexity index is 5940. The normalized spacial score (nSPS) is 13.2. The van der Waals surface area contributed by atoms with E-state index in [1.165, 1.54) is 0 Å². The molecular weight excluding hydrogens is 1530 g/mol. The number of hydrogen-bond acceptors (Lipinski definition) is 39. The third-order valence-corrected chi connectivity index (χ3v) is 23.1. The van der Waals surface area contributed by atoms with Crippen LogP contribution in [0, 0.1) is 10.1 Å². The zero-order valence-corrected chi connectivity index (χ0v) is 58.4. The number of aromatic hydroxyl groups is 3. The maximum atomic E-state index is 14.1. The number of nitrogens with two attached hydrogens (primary N) is 1. The Hall–Kier alpha value is -9.98. The molecule has 0 fully saturated rings. The predicted octanol–water partition coefficient (Wildman–Crippen LogP) is 6.91. The molecule has 0 spiro atoms. The molecule has 1 aromatic heterocycles. The minimum atomic E-state index is -5.34. The number of carbonyl (C=O) groups is 1. The highest BCUT2D eigenvalue weighted by Gasteiger charge is 2.33. The number of nitro benzene ring substituents is 1. The molecule has 0 unspecified atom stereocenters. The Balaban J connectivity index is 1.32. The third kappa shape index (κ3) is 16.2. The molecule has 0 aliphatic heterocycles. The van der Waals surface area contributed by atoms with Crippen LogP contribution in [0.15, 0.2) is 155 Å². The number of phenolic OH excluding ortho intramolecular Hbond substituents is 2. The molecule has 8 rings (SSSR count). The number of nitrogens with zero attached hydrogens (tertiary/aromatic N) is 11. The number of nitro groups is 1. The van der Waals surface area contributed by atoms with Crippen molar-refractivity contribution in [3.8, 4) is 23.1 Å². The van der Waals surface area contributed by atoms with Gasteiger partial charge in [0, 0.05) is 33.9 Å². The van der Waals surface area contributed by atoms with Gasteiger partial charge in [-0.15, -0.1) is 35.8 Å². The number of fused-ring (bicyclic) bond motifs is 2. The summed E-state index contributed by atoms with van der Waals surface area (Å²) in [5, 5.41) is 78.4. The van der Waals surface area contributed by atoms with Crippen molar-refractivity contribution in [3.63, 3.8) is 0 Å². The van der Waals surface area contributed by atoms with Crippen LogP contribution in [0.5, 0.6) is 17.4 Å². The first kappa shape index (κ1) is 77.8. The summed E-state index contributed by atoms with van der Waals surface area (Å²) in [5.74, 6) is -6.54. The number of anilines is 1. The van der Waals surface area contributed by atoms with E-state index in [1.807, 2.05) is 0 Å². The van der Waals surface area contributed by atoms with E-state index in [4.69, 9.17) is 18.8 Å². The van der Waals surface area contributed by atoms with Crippen LogP contribution in [0.25, 0.3) is 27.2 Å². The summed E-state index contributed by atoms with van der Waals surface area (Å²) in [5.41, 5.74) is -4.22. The number of non-ortho nitro benzene ring substituents is 1. The molecular formula is C51H46N12O31S8. The second kappa shape index (κ2) is 29.2. The largest absolute Gasteiger partial charge is 0.505 e. The summed E-state index contributed by atoms with van der Waals surface area (Å²) in [6, 6.07) is 10.9. The Morgan fingerprint density at radius 1 is 0.490 bits per heavy atom. The van der Waals surface area contributed by atoms with Crippen molar-refractivity contribution in [2.24, 2.45) is 40.9 Å². The second-order valence-corrected chi connectivity index (χ2v) is 32.8. The number of benzene rings is 7. The number of rotatable bonds is 29. The standard InChI is InChI=1S/C51H46N12O31S8/c1-88-97(76,77)29-10-7-27(8-11-29)62-51(67)46(38(61-62)21-94-24-64)59-56-36-16-25(22-95(70,71)72)35(19-41(36)100(82,83)91-4)55-60-47-42(101(84,85)92-5)18-31-30(48(47)65)12-14-34(50(31)102(86,87)93-6)54-57-37-20-39(98(78,79)89-2)32-15-26(23-96(73,74)75)45(49(66)43(32)44(37)52)58-53-33-13-9-28(63(68)69)17-40(33)99(80,81)90-3/h7-20,24,65-67H,21-23,52H2,1-6H3,(H,70,71,72)(H,73,74,75). The summed E-state index contributed by atoms with van der Waals surface area (Å²) in [4.78, 5) is 15.9. The van der Waals surface area contributed by atoms with Gasteiger partial charge in [-0.05, 0) is 78.4 Å². The van der Waals surface area contributed by atoms with Crippen LogP contribution in [0.3, 0.4) is 0 Å². The Labute approximate surface area is 575 Å². The highest BCUT2D eigenvalue weighted by molar-refractivity contribution is 7.88. The minimum absolute atomic E-state index is 0.0362. The smallest absolute Gasteiger partial charge is 0.299 e. The van der Waals surface area contributed by atoms with Gasteiger partial charge in [-0.25, -0.2) is 0 Å². The van der Waals surface area contributed by atoms with Gasteiger partial charge in [0.25, 0.3) is 93.1 Å². The van der Waals surface area contributed by atoms with Crippen molar-refractivity contribution >= 4 is 166 Å². The van der Waals surface area contributed by atoms with Gasteiger partial charge in [-0.2, -0.15) is 82.2 Å². The maximum Gasteiger partial charge on any atom is 0.299 e. The first-order valence-electron chi connectivity index (χ1n) is 26.7. The number of hydrogen-bond donors (Lipinski definition) is 6. The Morgan fingerprint density at radius 2 is 0.980 bits per heavy atom. The van der Waals surface area contributed by atoms with Crippen molar-refractivity contribution in [2.45, 2.75) is 47.5 Å². The third-order valence-electron chi connectivity index (χ3n) is 13.8. The fraction of sp³-hybridized carbons (Fsp3) is 0.176. The summed E-state index contributed by atoms with van der Waals surface area (Å²) >= 11 is 0. The molecule has 0 saturated carbocycles. The molecule has 1 heterocycles. The minimum Gasteiger partial charge on any atom is -0.505 e. The molecule has 0 bridgehead atoms. The monoisotopic (exact) mass is 1580 g/mol. The number of azo groups is 4. The van der Waals surface area contributed by atoms with Crippen molar-refractivity contribution in [1.82, 2.24) is 9.78 Å². The second-order valence-electron chi connectivity index (χ2n) is 19.8. The van der Waals surface area contributed by atoms with Gasteiger partial charge in [-0.3, -0.25) is 49.1 Å². The summed E-state index contributed by atoms with van der Waals surface area (Å²) in [7, 11) is -36.3. The van der Waals surface area contributed by atoms with E-state index < -0.39 is 241 Å². The van der Waals surface area contributed by atoms with Gasteiger partial charge < -0.3 is 25.8 Å². The lowest BCUT2D eigenvalue weighted by molar-refractivity contribution is -0.385. The number of phenols is 2. The van der Waals surface area contributed by atoms with Crippen LogP contribution in [0.1, 0.15) is 16.8 Å². The molecule has 8 aromatic rings. The first-order valence-corrected chi connectivity index (χ1v) is 38.4. The summed E-state index contributed by atoms with van der Waals surface area (Å²) in [6.07, 6.45) is 0. The van der Waals surface area contributed by atoms with E-state index in [2.05, 4.69) is 62.7 Å². The van der Waals surface area contributed by atoms with Gasteiger partial charge in [0.1, 0.15) is 82.4 Å². The van der Waals surface area contributed by atoms with Gasteiger partial charge in [0.2, 0.25) is 5.88 Å². The van der Waals surface area contributed by atoms with E-state index >= 15 is 0 Å². The van der Waals surface area contributed by atoms with Crippen molar-refractivity contribution < 1.29 is 131 Å². The summed E-state index contributed by atoms with van der Waals surface area (Å²) < 4.78 is 264. The first-order chi connectivity index (χ1) is 47.4. The number of nitrogen functional groups attached to an aromatic ring is 1. The molecule has 0 aliphatic carbocycles. The molecule has 0 amide bonds. The average Bonchev–Trinajstić information content (AvgIpc) is 0.892. The fourth-order valence-electron chi connectivity index (χ4n) is 9.14. The molecule has 43 nitrogen and oxygen atoms in total. The van der Waals surface area contributed by atoms with Crippen LogP contribution in [0.2, 0.25) is 0 Å². The van der Waals surface area contributed by atoms with E-state index in [-0.39, 0.29) is 17.1 Å². The molecule has 0 saturated heterocycles. The molecule has 7 aromatic carbocycles. The van der Waals surface area contributed by atoms with Crippen LogP contribution in [0.4, 0.5) is 56.9 Å². The van der Waals surface area contributed by atoms with Crippen LogP contribution < -0.4 is 5.73 Å². The van der Waals surface area contributed by atoms with Crippen molar-refractivity contribution in [1.29, 1.82) is 0 Å². The zero-order valence-electron chi connectivity index (χ0n) is 51.9. The topological polar surface area (TPSA) is 642 Å². The zero-order chi connectivity index (χ0) is 75.8. The highest BCUT2D eigenvalue weighted by atomic mass is 32.3. The van der Waals surface area contributed by atoms with Crippen LogP contribution in [-0.2, 0) is 134 Å². The number of ether oxygens (including phenoxy) is 1. The molecule has 102 heavy (non-hydrogen) atoms. The van der Waals surface area contributed by atoms with Crippen molar-refractivity contribution in [3.05, 3.63) is 112 Å². The van der Waals surface area contributed by atoms with E-state index in [9.17, 15) is 107 Å². The quantitative estimate of drug-likeness (QED) is 0.00527. The lowest BCUT2D eigenvalue weighted by Crippen LogP contribution is -2.07. The molecule has 0 atom stereocenters. The van der Waals surface area contributed by atoms with Crippen molar-refractivity contribution in [2.75, 3.05) is 48.4 Å². The van der Waals surface area contributed by atoms with Gasteiger partial charge in [0.15, 0.2) is 17.2 Å². The fourth-order valence-corrected chi connectivity index (χ4v) is 15.3. The average molecular weight is 1580 g/mol. The lowest BCUT2D eigenvalue weighted by atomic mass is 10.0. The van der Waals surface area contributed by atoms with E-state index in [0.29, 0.717) is 71.9 Å². The van der Waals surface area contributed by atoms with Crippen LogP contribution >= 0.6 is 0 Å². The molecule has 0 radical (unpaired) electrons. The van der Waals surface area contributed by atoms with E-state index in [1.54, 1.807) is 0 Å². The van der Waals surface area contributed by atoms with Gasteiger partial charge in [-0.1, -0.05) is 0 Å². The number of carbonyl (C=O) groups excluding carboxylic acids is 1. The Kier molecular flexibility index (Phi) is 22.2. The highest BCUT2D eigenvalue weighted by Crippen LogP contribution is 2.51. The molecule has 7 N–H and O–H groups in total. The molecule has 51 heteroatoms. The van der Waals surface area contributed by atoms with E-state index in [0.717, 1.165) is 60.3 Å². The number of aromatic nitrogens is 2. The maximum absolute atomic E-state index is 14.1. The Morgan fingerprint density at radius 3 is 1.55 bits per heavy atom. The SMILES string of the molecule is COS(=O)(=O)c1ccc(-n2nc(COC=O)c(N=Nc3cc(CS(=O)(=O)O)c(N=Nc4c(S(=O)(=O)OC)cc5c(S(=O)(=O)OC)c(N=Nc6cc(S(=O)(=O)OC)c7cc(CS(=O)(=O)O)c(N=Nc8ccc([N+](=O)[O-])cc8S(=O)(=O)OC)c(O)c7c6N)ccc5c4O)cc3S(=O)(=O)OC)c2O)cc1. The van der Waals surface area contributed by atoms with Gasteiger partial charge in [0.05, 0.1) is 74.9 Å². The summed E-state index contributed by atoms with van der Waals surface area (Å²) in [6.45, 7) is -0.791. The van der Waals surface area contributed by atoms with Crippen LogP contribution in [-0.4, -0.2) is 156 Å². The lowest BCUT2D eigenvalue weighted by Gasteiger charge is -2.16. The molecule has 544 valence electrons. The molecule has 0 aliphatic rings. The van der Waals surface area contributed by atoms with Gasteiger partial charge >= 0.3 is 0 Å².